The van der Waals surface area contributed by atoms with E-state index < -0.39 is 26.3 Å². The molecule has 34 heavy (non-hydrogen) atoms. The Morgan fingerprint density at radius 3 is 2.53 bits per heavy atom. The van der Waals surface area contributed by atoms with Crippen LogP contribution in [0.2, 0.25) is 0 Å². The van der Waals surface area contributed by atoms with Gasteiger partial charge in [0.1, 0.15) is 12.2 Å². The highest BCUT2D eigenvalue weighted by atomic mass is 32.2. The zero-order valence-electron chi connectivity index (χ0n) is 18.2. The van der Waals surface area contributed by atoms with Gasteiger partial charge in [-0.2, -0.15) is 4.31 Å². The summed E-state index contributed by atoms with van der Waals surface area (Å²) in [4.78, 5) is 22.9. The first kappa shape index (κ1) is 22.5. The van der Waals surface area contributed by atoms with E-state index in [4.69, 9.17) is 13.9 Å². The monoisotopic (exact) mass is 486 g/mol. The Kier molecular flexibility index (Phi) is 5.84. The number of sulfonamides is 1. The van der Waals surface area contributed by atoms with E-state index in [2.05, 4.69) is 0 Å². The van der Waals surface area contributed by atoms with Crippen molar-refractivity contribution in [2.45, 2.75) is 30.8 Å². The summed E-state index contributed by atoms with van der Waals surface area (Å²) in [6.45, 7) is 0.788. The Bertz CT molecular complexity index is 1440. The molecule has 10 nitrogen and oxygen atoms in total. The smallest absolute Gasteiger partial charge is 0.336 e. The molecule has 0 unspecified atom stereocenters. The van der Waals surface area contributed by atoms with Gasteiger partial charge in [0.15, 0.2) is 5.75 Å². The second-order valence-electron chi connectivity index (χ2n) is 8.25. The SMILES string of the molecule is O=c1cc(COc2ccc(S(=O)(=O)N3CCOCC3)cc2[N+](=O)[O-])c2cc3c(cc2o1)CCC3. The number of nitrogens with zero attached hydrogens (tertiary/aromatic N) is 2. The highest BCUT2D eigenvalue weighted by molar-refractivity contribution is 7.89. The molecule has 0 radical (unpaired) electrons. The predicted octanol–water partition coefficient (Wildman–Crippen LogP) is 2.79. The van der Waals surface area contributed by atoms with Gasteiger partial charge in [0.25, 0.3) is 0 Å². The van der Waals surface area contributed by atoms with Gasteiger partial charge in [-0.15, -0.1) is 0 Å². The van der Waals surface area contributed by atoms with Gasteiger partial charge < -0.3 is 13.9 Å². The number of ether oxygens (including phenoxy) is 2. The van der Waals surface area contributed by atoms with Crippen molar-refractivity contribution in [3.05, 3.63) is 73.6 Å². The lowest BCUT2D eigenvalue weighted by molar-refractivity contribution is -0.386. The molecule has 0 bridgehead atoms. The molecule has 2 aliphatic rings. The standard InChI is InChI=1S/C23H22N2O8S/c26-23-12-17(19-10-15-2-1-3-16(15)11-22(19)33-23)14-32-21-5-4-18(13-20(21)25(27)28)34(29,30)24-6-8-31-9-7-24/h4-5,10-13H,1-3,6-9,14H2. The summed E-state index contributed by atoms with van der Waals surface area (Å²) in [7, 11) is -3.90. The highest BCUT2D eigenvalue weighted by Gasteiger charge is 2.29. The number of rotatable bonds is 6. The first-order valence-electron chi connectivity index (χ1n) is 10.9. The number of aryl methyl sites for hydroxylation is 2. The first-order valence-corrected chi connectivity index (χ1v) is 12.3. The molecule has 1 fully saturated rings. The van der Waals surface area contributed by atoms with Gasteiger partial charge in [0, 0.05) is 36.2 Å². The molecule has 0 amide bonds. The highest BCUT2D eigenvalue weighted by Crippen LogP contribution is 2.33. The molecule has 3 aromatic rings. The lowest BCUT2D eigenvalue weighted by atomic mass is 10.0. The topological polar surface area (TPSA) is 129 Å². The van der Waals surface area contributed by atoms with Crippen LogP contribution in [-0.4, -0.2) is 43.9 Å². The fraction of sp³-hybridized carbons (Fsp3) is 0.348. The van der Waals surface area contributed by atoms with Gasteiger partial charge in [-0.05, 0) is 54.7 Å². The van der Waals surface area contributed by atoms with Gasteiger partial charge in [0.2, 0.25) is 10.0 Å². The van der Waals surface area contributed by atoms with Crippen molar-refractivity contribution in [1.29, 1.82) is 0 Å². The lowest BCUT2D eigenvalue weighted by Gasteiger charge is -2.26. The number of nitro groups is 1. The maximum Gasteiger partial charge on any atom is 0.336 e. The summed E-state index contributed by atoms with van der Waals surface area (Å²) >= 11 is 0. The summed E-state index contributed by atoms with van der Waals surface area (Å²) in [5, 5.41) is 12.4. The summed E-state index contributed by atoms with van der Waals surface area (Å²) in [5.41, 5.74) is 2.33. The molecular formula is C23H22N2O8S. The van der Waals surface area contributed by atoms with Crippen LogP contribution in [0.15, 0.2) is 50.5 Å². The molecule has 1 saturated heterocycles. The predicted molar refractivity (Wildman–Crippen MR) is 122 cm³/mol. The van der Waals surface area contributed by atoms with Crippen molar-refractivity contribution < 1.29 is 27.2 Å². The average Bonchev–Trinajstić information content (AvgIpc) is 3.29. The van der Waals surface area contributed by atoms with E-state index >= 15 is 0 Å². The lowest BCUT2D eigenvalue weighted by Crippen LogP contribution is -2.40. The fourth-order valence-electron chi connectivity index (χ4n) is 4.43. The molecule has 178 valence electrons. The van der Waals surface area contributed by atoms with Crippen LogP contribution in [0.4, 0.5) is 5.69 Å². The minimum Gasteiger partial charge on any atom is -0.482 e. The van der Waals surface area contributed by atoms with E-state index in [1.165, 1.54) is 28.1 Å². The minimum atomic E-state index is -3.90. The number of nitro benzene ring substituents is 1. The summed E-state index contributed by atoms with van der Waals surface area (Å²) in [5.74, 6) is -0.0894. The van der Waals surface area contributed by atoms with Gasteiger partial charge in [-0.25, -0.2) is 13.2 Å². The van der Waals surface area contributed by atoms with E-state index in [1.807, 2.05) is 12.1 Å². The summed E-state index contributed by atoms with van der Waals surface area (Å²) < 4.78 is 43.3. The van der Waals surface area contributed by atoms with E-state index in [0.29, 0.717) is 11.1 Å². The van der Waals surface area contributed by atoms with Gasteiger partial charge >= 0.3 is 11.3 Å². The summed E-state index contributed by atoms with van der Waals surface area (Å²) in [6, 6.07) is 8.73. The van der Waals surface area contributed by atoms with E-state index in [1.54, 1.807) is 0 Å². The van der Waals surface area contributed by atoms with E-state index in [9.17, 15) is 23.3 Å². The normalized spacial score (nSPS) is 16.5. The molecule has 5 rings (SSSR count). The molecule has 11 heteroatoms. The Labute approximate surface area is 194 Å². The molecule has 1 aromatic heterocycles. The van der Waals surface area contributed by atoms with Crippen molar-refractivity contribution in [2.75, 3.05) is 26.3 Å². The number of benzene rings is 2. The molecule has 0 saturated carbocycles. The Morgan fingerprint density at radius 1 is 1.06 bits per heavy atom. The van der Waals surface area contributed by atoms with Crippen LogP contribution >= 0.6 is 0 Å². The molecule has 0 atom stereocenters. The minimum absolute atomic E-state index is 0.0894. The molecule has 1 aliphatic carbocycles. The molecule has 2 heterocycles. The van der Waals surface area contributed by atoms with Crippen LogP contribution in [0.3, 0.4) is 0 Å². The molecule has 0 N–H and O–H groups in total. The average molecular weight is 487 g/mol. The first-order chi connectivity index (χ1) is 16.3. The van der Waals surface area contributed by atoms with E-state index in [0.717, 1.165) is 36.3 Å². The van der Waals surface area contributed by atoms with Crippen LogP contribution in [0.5, 0.6) is 5.75 Å². The molecule has 0 spiro atoms. The molecular weight excluding hydrogens is 464 g/mol. The van der Waals surface area contributed by atoms with Gasteiger partial charge in [0.05, 0.1) is 23.0 Å². The third-order valence-electron chi connectivity index (χ3n) is 6.16. The van der Waals surface area contributed by atoms with Crippen molar-refractivity contribution in [1.82, 2.24) is 4.31 Å². The van der Waals surface area contributed by atoms with Gasteiger partial charge in [-0.3, -0.25) is 10.1 Å². The van der Waals surface area contributed by atoms with Crippen molar-refractivity contribution in [3.63, 3.8) is 0 Å². The van der Waals surface area contributed by atoms with Gasteiger partial charge in [-0.1, -0.05) is 0 Å². The third-order valence-corrected chi connectivity index (χ3v) is 8.06. The fourth-order valence-corrected chi connectivity index (χ4v) is 5.86. The second kappa shape index (κ2) is 8.82. The number of hydrogen-bond acceptors (Lipinski definition) is 8. The number of morpholine rings is 1. The van der Waals surface area contributed by atoms with Crippen LogP contribution in [0.25, 0.3) is 11.0 Å². The zero-order valence-corrected chi connectivity index (χ0v) is 19.0. The number of fused-ring (bicyclic) bond motifs is 2. The van der Waals surface area contributed by atoms with Crippen LogP contribution in [0.1, 0.15) is 23.1 Å². The largest absolute Gasteiger partial charge is 0.482 e. The van der Waals surface area contributed by atoms with Crippen molar-refractivity contribution >= 4 is 26.7 Å². The number of hydrogen-bond donors (Lipinski definition) is 0. The maximum atomic E-state index is 12.9. The Hall–Kier alpha value is -3.28. The second-order valence-corrected chi connectivity index (χ2v) is 10.2. The van der Waals surface area contributed by atoms with E-state index in [-0.39, 0.29) is 43.6 Å². The molecule has 2 aromatic carbocycles. The van der Waals surface area contributed by atoms with Crippen LogP contribution in [0, 0.1) is 10.1 Å². The third kappa shape index (κ3) is 4.17. The van der Waals surface area contributed by atoms with Crippen molar-refractivity contribution in [2.24, 2.45) is 0 Å². The quantitative estimate of drug-likeness (QED) is 0.295. The van der Waals surface area contributed by atoms with Crippen molar-refractivity contribution in [3.8, 4) is 5.75 Å². The van der Waals surface area contributed by atoms with Crippen LogP contribution in [-0.2, 0) is 34.2 Å². The van der Waals surface area contributed by atoms with Crippen LogP contribution < -0.4 is 10.4 Å². The Balaban J connectivity index is 1.46. The molecule has 1 aliphatic heterocycles. The Morgan fingerprint density at radius 2 is 1.79 bits per heavy atom. The maximum absolute atomic E-state index is 12.9. The summed E-state index contributed by atoms with van der Waals surface area (Å²) in [6.07, 6.45) is 2.91. The zero-order chi connectivity index (χ0) is 23.9.